The quantitative estimate of drug-likeness (QED) is 0.745. The van der Waals surface area contributed by atoms with Gasteiger partial charge in [0.25, 0.3) is 0 Å². The number of aliphatic carboxylic acids is 1. The second-order valence-electron chi connectivity index (χ2n) is 2.59. The average Bonchev–Trinajstić information content (AvgIpc) is 2.11. The van der Waals surface area contributed by atoms with E-state index in [2.05, 4.69) is 36.4 Å². The van der Waals surface area contributed by atoms with Gasteiger partial charge in [-0.2, -0.15) is 0 Å². The first-order valence-electron chi connectivity index (χ1n) is 3.63. The minimum Gasteiger partial charge on any atom is -0.507 e. The van der Waals surface area contributed by atoms with E-state index in [1.165, 1.54) is 12.1 Å². The van der Waals surface area contributed by atoms with Gasteiger partial charge in [0.1, 0.15) is 11.8 Å². The van der Waals surface area contributed by atoms with Crippen molar-refractivity contribution in [1.82, 2.24) is 4.34 Å². The Morgan fingerprint density at radius 3 is 2.57 bits per heavy atom. The fourth-order valence-corrected chi connectivity index (χ4v) is 1.81. The highest BCUT2D eigenvalue weighted by Crippen LogP contribution is 2.27. The Morgan fingerprint density at radius 1 is 1.50 bits per heavy atom. The minimum atomic E-state index is -1.00. The van der Waals surface area contributed by atoms with Gasteiger partial charge in [0.05, 0.1) is 4.47 Å². The number of hydrogen-bond acceptors (Lipinski definition) is 3. The Morgan fingerprint density at radius 2 is 2.14 bits per heavy atom. The first-order valence-corrected chi connectivity index (χ1v) is 5.22. The number of phenolic OH excluding ortho intramolecular Hbond substituents is 1. The summed E-state index contributed by atoms with van der Waals surface area (Å²) in [6.45, 7) is 0. The van der Waals surface area contributed by atoms with Gasteiger partial charge in [-0.15, -0.1) is 0 Å². The maximum atomic E-state index is 10.8. The largest absolute Gasteiger partial charge is 0.507 e. The number of halogens is 2. The highest BCUT2D eigenvalue weighted by atomic mass is 79.9. The molecule has 0 aliphatic rings. The molecule has 1 aromatic carbocycles. The van der Waals surface area contributed by atoms with Gasteiger partial charge < -0.3 is 10.2 Å². The van der Waals surface area contributed by atoms with Crippen LogP contribution in [-0.4, -0.2) is 16.2 Å². The number of carboxylic acids is 1. The van der Waals surface area contributed by atoms with E-state index in [9.17, 15) is 9.90 Å². The maximum Gasteiger partial charge on any atom is 0.326 e. The van der Waals surface area contributed by atoms with Gasteiger partial charge in [-0.25, -0.2) is 4.34 Å². The Hall–Kier alpha value is -0.590. The number of nitrogens with one attached hydrogen (secondary N) is 1. The summed E-state index contributed by atoms with van der Waals surface area (Å²) in [7, 11) is 0. The predicted molar refractivity (Wildman–Crippen MR) is 58.2 cm³/mol. The third-order valence-electron chi connectivity index (χ3n) is 1.66. The molecule has 76 valence electrons. The molecule has 0 fully saturated rings. The molecule has 0 aliphatic carbocycles. The minimum absolute atomic E-state index is 0.0764. The molecular formula is C8H7Br2NO3. The Labute approximate surface area is 97.4 Å². The fraction of sp³-hybridized carbons (Fsp3) is 0.125. The number of rotatable bonds is 3. The molecular weight excluding hydrogens is 318 g/mol. The molecule has 3 N–H and O–H groups in total. The molecule has 0 aromatic heterocycles. The van der Waals surface area contributed by atoms with Gasteiger partial charge in [0.15, 0.2) is 0 Å². The Bertz CT molecular complexity index is 356. The van der Waals surface area contributed by atoms with Crippen molar-refractivity contribution in [3.05, 3.63) is 28.2 Å². The lowest BCUT2D eigenvalue weighted by Crippen LogP contribution is -2.20. The zero-order valence-electron chi connectivity index (χ0n) is 6.87. The van der Waals surface area contributed by atoms with E-state index in [0.29, 0.717) is 10.0 Å². The number of aromatic hydroxyl groups is 1. The lowest BCUT2D eigenvalue weighted by Gasteiger charge is -2.10. The summed E-state index contributed by atoms with van der Waals surface area (Å²) in [4.78, 5) is 10.8. The van der Waals surface area contributed by atoms with E-state index >= 15 is 0 Å². The molecule has 4 nitrogen and oxygen atoms in total. The zero-order chi connectivity index (χ0) is 10.7. The Kier molecular flexibility index (Phi) is 3.91. The third-order valence-corrected chi connectivity index (χ3v) is 2.75. The van der Waals surface area contributed by atoms with Crippen LogP contribution in [-0.2, 0) is 4.79 Å². The number of hydrogen-bond donors (Lipinski definition) is 3. The lowest BCUT2D eigenvalue weighted by atomic mass is 10.1. The van der Waals surface area contributed by atoms with E-state index in [-0.39, 0.29) is 5.75 Å². The summed E-state index contributed by atoms with van der Waals surface area (Å²) >= 11 is 5.99. The molecule has 1 aromatic rings. The van der Waals surface area contributed by atoms with Crippen LogP contribution in [0.4, 0.5) is 0 Å². The van der Waals surface area contributed by atoms with E-state index < -0.39 is 12.0 Å². The molecule has 0 amide bonds. The van der Waals surface area contributed by atoms with Gasteiger partial charge in [-0.3, -0.25) is 4.79 Å². The van der Waals surface area contributed by atoms with E-state index in [1.807, 2.05) is 0 Å². The van der Waals surface area contributed by atoms with Crippen LogP contribution in [0.15, 0.2) is 22.7 Å². The van der Waals surface area contributed by atoms with Crippen molar-refractivity contribution in [3.63, 3.8) is 0 Å². The average molecular weight is 325 g/mol. The molecule has 0 spiro atoms. The number of carboxylic acid groups (broad SMARTS) is 1. The lowest BCUT2D eigenvalue weighted by molar-refractivity contribution is -0.139. The fourth-order valence-electron chi connectivity index (χ4n) is 0.955. The van der Waals surface area contributed by atoms with Crippen LogP contribution in [0.2, 0.25) is 0 Å². The maximum absolute atomic E-state index is 10.8. The van der Waals surface area contributed by atoms with Crippen molar-refractivity contribution < 1.29 is 15.0 Å². The first-order chi connectivity index (χ1) is 6.56. The summed E-state index contributed by atoms with van der Waals surface area (Å²) in [5.74, 6) is -0.924. The van der Waals surface area contributed by atoms with Gasteiger partial charge >= 0.3 is 5.97 Å². The summed E-state index contributed by atoms with van der Waals surface area (Å²) < 4.78 is 2.94. The molecule has 0 aliphatic heterocycles. The van der Waals surface area contributed by atoms with E-state index in [1.54, 1.807) is 6.07 Å². The van der Waals surface area contributed by atoms with Crippen LogP contribution < -0.4 is 4.34 Å². The molecule has 0 saturated heterocycles. The van der Waals surface area contributed by atoms with Crippen LogP contribution in [0.3, 0.4) is 0 Å². The van der Waals surface area contributed by atoms with Crippen LogP contribution in [0.25, 0.3) is 0 Å². The second-order valence-corrected chi connectivity index (χ2v) is 3.90. The summed E-state index contributed by atoms with van der Waals surface area (Å²) in [5.41, 5.74) is 0.541. The van der Waals surface area contributed by atoms with Crippen molar-refractivity contribution in [2.45, 2.75) is 6.04 Å². The smallest absolute Gasteiger partial charge is 0.326 e. The first kappa shape index (κ1) is 11.5. The van der Waals surface area contributed by atoms with Crippen LogP contribution in [0.1, 0.15) is 11.6 Å². The molecule has 1 atom stereocenters. The highest BCUT2D eigenvalue weighted by molar-refractivity contribution is 9.10. The van der Waals surface area contributed by atoms with Crippen LogP contribution in [0.5, 0.6) is 5.75 Å². The molecule has 0 radical (unpaired) electrons. The van der Waals surface area contributed by atoms with Gasteiger partial charge in [-0.05, 0) is 33.6 Å². The molecule has 0 heterocycles. The second kappa shape index (κ2) is 4.77. The molecule has 0 saturated carbocycles. The molecule has 0 bridgehead atoms. The van der Waals surface area contributed by atoms with E-state index in [0.717, 1.165) is 0 Å². The molecule has 1 rings (SSSR count). The zero-order valence-corrected chi connectivity index (χ0v) is 10.0. The summed E-state index contributed by atoms with van der Waals surface area (Å²) in [6.07, 6.45) is 0. The monoisotopic (exact) mass is 323 g/mol. The topological polar surface area (TPSA) is 69.6 Å². The molecule has 6 heteroatoms. The SMILES string of the molecule is O=C(O)[C@@H](NBr)c1ccc(O)c(Br)c1. The number of benzene rings is 1. The number of carbonyl (C=O) groups is 1. The van der Waals surface area contributed by atoms with Crippen molar-refractivity contribution in [3.8, 4) is 5.75 Å². The van der Waals surface area contributed by atoms with Crippen molar-refractivity contribution in [1.29, 1.82) is 0 Å². The highest BCUT2D eigenvalue weighted by Gasteiger charge is 2.18. The molecule has 0 unspecified atom stereocenters. The van der Waals surface area contributed by atoms with Gasteiger partial charge in [0, 0.05) is 16.1 Å². The Balaban J connectivity index is 3.06. The normalized spacial score (nSPS) is 12.4. The summed E-state index contributed by atoms with van der Waals surface area (Å²) in [6, 6.07) is 3.67. The van der Waals surface area contributed by atoms with Crippen molar-refractivity contribution >= 4 is 38.0 Å². The third kappa shape index (κ3) is 2.46. The number of phenols is 1. The predicted octanol–water partition coefficient (Wildman–Crippen LogP) is 2.18. The molecule has 14 heavy (non-hydrogen) atoms. The summed E-state index contributed by atoms with van der Waals surface area (Å²) in [5, 5.41) is 18.0. The van der Waals surface area contributed by atoms with Gasteiger partial charge in [0.2, 0.25) is 0 Å². The van der Waals surface area contributed by atoms with Crippen molar-refractivity contribution in [2.24, 2.45) is 0 Å². The van der Waals surface area contributed by atoms with Crippen LogP contribution >= 0.6 is 32.1 Å². The van der Waals surface area contributed by atoms with E-state index in [4.69, 9.17) is 5.11 Å². The van der Waals surface area contributed by atoms with Crippen molar-refractivity contribution in [2.75, 3.05) is 0 Å². The van der Waals surface area contributed by atoms with Crippen LogP contribution in [0, 0.1) is 0 Å². The standard InChI is InChI=1S/C8H7Br2NO3/c9-5-3-4(1-2-6(5)12)7(11-10)8(13)14/h1-3,7,11-12H,(H,13,14)/t7-/m0/s1. The van der Waals surface area contributed by atoms with Gasteiger partial charge in [-0.1, -0.05) is 6.07 Å².